The van der Waals surface area contributed by atoms with Gasteiger partial charge >= 0.3 is 5.97 Å². The number of ether oxygens (including phenoxy) is 1. The number of nitrogens with zero attached hydrogens (tertiary/aromatic N) is 2. The molecule has 1 fully saturated rings. The van der Waals surface area contributed by atoms with Crippen LogP contribution in [0, 0.1) is 12.7 Å². The highest BCUT2D eigenvalue weighted by atomic mass is 32.1. The number of anilines is 1. The van der Waals surface area contributed by atoms with E-state index in [2.05, 4.69) is 4.98 Å². The van der Waals surface area contributed by atoms with E-state index in [0.29, 0.717) is 15.7 Å². The molecule has 3 rings (SSSR count). The number of aromatic nitrogens is 1. The highest BCUT2D eigenvalue weighted by molar-refractivity contribution is 7.17. The molecule has 1 saturated carbocycles. The topological polar surface area (TPSA) is 59.5 Å². The smallest absolute Gasteiger partial charge is 0.350 e. The zero-order valence-corrected chi connectivity index (χ0v) is 14.2. The Morgan fingerprint density at radius 3 is 2.79 bits per heavy atom. The lowest BCUT2D eigenvalue weighted by Crippen LogP contribution is -2.33. The molecule has 0 N–H and O–H groups in total. The lowest BCUT2D eigenvalue weighted by Gasteiger charge is -2.19. The van der Waals surface area contributed by atoms with Crippen molar-refractivity contribution in [2.24, 2.45) is 0 Å². The van der Waals surface area contributed by atoms with Crippen LogP contribution < -0.4 is 4.90 Å². The number of carbonyl (C=O) groups is 2. The Bertz CT molecular complexity index is 786. The van der Waals surface area contributed by atoms with Gasteiger partial charge in [-0.3, -0.25) is 9.69 Å². The van der Waals surface area contributed by atoms with Crippen molar-refractivity contribution in [1.29, 1.82) is 0 Å². The minimum atomic E-state index is -0.459. The fourth-order valence-corrected chi connectivity index (χ4v) is 3.40. The maximum atomic E-state index is 13.4. The second-order valence-corrected chi connectivity index (χ2v) is 6.53. The Morgan fingerprint density at radius 1 is 1.42 bits per heavy atom. The molecule has 0 spiro atoms. The van der Waals surface area contributed by atoms with Crippen LogP contribution in [0.15, 0.2) is 24.3 Å². The first-order valence-electron chi connectivity index (χ1n) is 7.75. The molecule has 5 nitrogen and oxygen atoms in total. The van der Waals surface area contributed by atoms with Crippen molar-refractivity contribution < 1.29 is 18.7 Å². The molecule has 1 aromatic heterocycles. The van der Waals surface area contributed by atoms with Gasteiger partial charge in [0, 0.05) is 11.6 Å². The Balaban J connectivity index is 1.93. The van der Waals surface area contributed by atoms with Crippen molar-refractivity contribution in [2.75, 3.05) is 11.5 Å². The second-order valence-electron chi connectivity index (χ2n) is 5.55. The van der Waals surface area contributed by atoms with E-state index < -0.39 is 11.8 Å². The molecule has 0 saturated heterocycles. The van der Waals surface area contributed by atoms with Crippen LogP contribution in [0.4, 0.5) is 9.52 Å². The van der Waals surface area contributed by atoms with Crippen molar-refractivity contribution in [3.63, 3.8) is 0 Å². The molecule has 0 aliphatic heterocycles. The first-order valence-corrected chi connectivity index (χ1v) is 8.56. The van der Waals surface area contributed by atoms with Crippen LogP contribution in [0.1, 0.15) is 45.5 Å². The highest BCUT2D eigenvalue weighted by Crippen LogP contribution is 2.36. The molecule has 1 aliphatic carbocycles. The number of aryl methyl sites for hydroxylation is 1. The summed E-state index contributed by atoms with van der Waals surface area (Å²) < 4.78 is 18.4. The lowest BCUT2D eigenvalue weighted by atomic mass is 10.2. The predicted molar refractivity (Wildman–Crippen MR) is 89.0 cm³/mol. The van der Waals surface area contributed by atoms with E-state index in [1.54, 1.807) is 24.8 Å². The SMILES string of the molecule is CCOC(=O)c1sc(N(C(=O)c2cccc(F)c2)C2CC2)nc1C. The van der Waals surface area contributed by atoms with E-state index in [9.17, 15) is 14.0 Å². The van der Waals surface area contributed by atoms with Gasteiger partial charge in [0.25, 0.3) is 5.91 Å². The quantitative estimate of drug-likeness (QED) is 0.775. The predicted octanol–water partition coefficient (Wildman–Crippen LogP) is 3.58. The molecule has 1 heterocycles. The Labute approximate surface area is 143 Å². The number of esters is 1. The fourth-order valence-electron chi connectivity index (χ4n) is 2.37. The normalized spacial score (nSPS) is 13.6. The molecule has 1 aromatic carbocycles. The molecule has 0 radical (unpaired) electrons. The van der Waals surface area contributed by atoms with Crippen LogP contribution in [0.25, 0.3) is 0 Å². The molecule has 7 heteroatoms. The molecule has 0 atom stereocenters. The summed E-state index contributed by atoms with van der Waals surface area (Å²) in [6.45, 7) is 3.73. The summed E-state index contributed by atoms with van der Waals surface area (Å²) in [5.41, 5.74) is 0.804. The number of rotatable bonds is 5. The van der Waals surface area contributed by atoms with Crippen molar-refractivity contribution >= 4 is 28.3 Å². The van der Waals surface area contributed by atoms with Crippen molar-refractivity contribution in [3.05, 3.63) is 46.2 Å². The number of thiazole rings is 1. The van der Waals surface area contributed by atoms with E-state index in [0.717, 1.165) is 24.2 Å². The van der Waals surface area contributed by atoms with Gasteiger partial charge in [-0.2, -0.15) is 0 Å². The summed E-state index contributed by atoms with van der Waals surface area (Å²) in [6.07, 6.45) is 1.74. The molecule has 126 valence electrons. The third-order valence-electron chi connectivity index (χ3n) is 3.65. The van der Waals surface area contributed by atoms with Crippen LogP contribution in [-0.4, -0.2) is 29.5 Å². The third-order valence-corrected chi connectivity index (χ3v) is 4.79. The van der Waals surface area contributed by atoms with Crippen LogP contribution in [0.5, 0.6) is 0 Å². The van der Waals surface area contributed by atoms with Gasteiger partial charge in [0.2, 0.25) is 0 Å². The average Bonchev–Trinajstić information content (AvgIpc) is 3.30. The molecular weight excluding hydrogens is 331 g/mol. The van der Waals surface area contributed by atoms with Crippen LogP contribution >= 0.6 is 11.3 Å². The summed E-state index contributed by atoms with van der Waals surface area (Å²) in [5, 5.41) is 0.451. The number of carbonyl (C=O) groups excluding carboxylic acids is 2. The zero-order chi connectivity index (χ0) is 17.3. The van der Waals surface area contributed by atoms with Crippen molar-refractivity contribution in [1.82, 2.24) is 4.98 Å². The van der Waals surface area contributed by atoms with Gasteiger partial charge in [0.05, 0.1) is 12.3 Å². The van der Waals surface area contributed by atoms with Crippen LogP contribution in [0.3, 0.4) is 0 Å². The number of hydrogen-bond donors (Lipinski definition) is 0. The van der Waals surface area contributed by atoms with Crippen molar-refractivity contribution in [3.8, 4) is 0 Å². The van der Waals surface area contributed by atoms with Gasteiger partial charge in [0.15, 0.2) is 5.13 Å². The summed E-state index contributed by atoms with van der Waals surface area (Å²) >= 11 is 1.14. The molecule has 24 heavy (non-hydrogen) atoms. The van der Waals surface area contributed by atoms with Gasteiger partial charge < -0.3 is 4.74 Å². The largest absolute Gasteiger partial charge is 0.462 e. The second kappa shape index (κ2) is 6.68. The van der Waals surface area contributed by atoms with E-state index in [1.165, 1.54) is 18.2 Å². The Morgan fingerprint density at radius 2 is 2.17 bits per heavy atom. The third kappa shape index (κ3) is 3.31. The van der Waals surface area contributed by atoms with E-state index >= 15 is 0 Å². The maximum absolute atomic E-state index is 13.4. The maximum Gasteiger partial charge on any atom is 0.350 e. The first kappa shape index (κ1) is 16.6. The molecule has 0 unspecified atom stereocenters. The highest BCUT2D eigenvalue weighted by Gasteiger charge is 2.37. The summed E-state index contributed by atoms with van der Waals surface area (Å²) in [4.78, 5) is 31.1. The number of amides is 1. The number of hydrogen-bond acceptors (Lipinski definition) is 5. The number of benzene rings is 1. The van der Waals surface area contributed by atoms with Crippen LogP contribution in [-0.2, 0) is 4.74 Å². The van der Waals surface area contributed by atoms with Crippen molar-refractivity contribution in [2.45, 2.75) is 32.7 Å². The standard InChI is InChI=1S/C17H17FN2O3S/c1-3-23-16(22)14-10(2)19-17(24-14)20(13-7-8-13)15(21)11-5-4-6-12(18)9-11/h4-6,9,13H,3,7-8H2,1-2H3. The van der Waals surface area contributed by atoms with Gasteiger partial charge in [-0.1, -0.05) is 17.4 Å². The van der Waals surface area contributed by atoms with Gasteiger partial charge in [-0.15, -0.1) is 0 Å². The molecule has 1 amide bonds. The molecular formula is C17H17FN2O3S. The monoisotopic (exact) mass is 348 g/mol. The lowest BCUT2D eigenvalue weighted by molar-refractivity contribution is 0.0531. The Kier molecular flexibility index (Phi) is 4.62. The van der Waals surface area contributed by atoms with Gasteiger partial charge in [0.1, 0.15) is 10.7 Å². The first-order chi connectivity index (χ1) is 11.5. The summed E-state index contributed by atoms with van der Waals surface area (Å²) in [6, 6.07) is 5.63. The molecule has 1 aliphatic rings. The fraction of sp³-hybridized carbons (Fsp3) is 0.353. The van der Waals surface area contributed by atoms with E-state index in [1.807, 2.05) is 0 Å². The Hall–Kier alpha value is -2.28. The average molecular weight is 348 g/mol. The van der Waals surface area contributed by atoms with Gasteiger partial charge in [-0.05, 0) is 44.9 Å². The number of halogens is 1. The molecule has 2 aromatic rings. The van der Waals surface area contributed by atoms with Crippen LogP contribution in [0.2, 0.25) is 0 Å². The van der Waals surface area contributed by atoms with E-state index in [-0.39, 0.29) is 24.1 Å². The zero-order valence-electron chi connectivity index (χ0n) is 13.4. The van der Waals surface area contributed by atoms with E-state index in [4.69, 9.17) is 4.74 Å². The van der Waals surface area contributed by atoms with Gasteiger partial charge in [-0.25, -0.2) is 14.2 Å². The summed E-state index contributed by atoms with van der Waals surface area (Å²) in [7, 11) is 0. The molecule has 0 bridgehead atoms. The summed E-state index contributed by atoms with van der Waals surface area (Å²) in [5.74, 6) is -1.20. The minimum Gasteiger partial charge on any atom is -0.462 e. The minimum absolute atomic E-state index is 0.0429.